The topological polar surface area (TPSA) is 46.3 Å². The zero-order chi connectivity index (χ0) is 12.3. The van der Waals surface area contributed by atoms with Gasteiger partial charge in [0.15, 0.2) is 0 Å². The van der Waals surface area contributed by atoms with Gasteiger partial charge in [0.2, 0.25) is 5.76 Å². The van der Waals surface area contributed by atoms with E-state index in [1.165, 1.54) is 0 Å². The summed E-state index contributed by atoms with van der Waals surface area (Å²) in [5.74, 6) is 0.783. The van der Waals surface area contributed by atoms with Crippen molar-refractivity contribution >= 4 is 5.91 Å². The Morgan fingerprint density at radius 3 is 2.56 bits per heavy atom. The first-order chi connectivity index (χ1) is 7.41. The third-order valence-electron chi connectivity index (χ3n) is 2.63. The SMILES string of the molecule is Cc1cc(C(=O)N(C)[C@H](C)CC(C)C)on1. The first-order valence-corrected chi connectivity index (χ1v) is 5.62. The molecule has 90 valence electrons. The fourth-order valence-corrected chi connectivity index (χ4v) is 1.68. The van der Waals surface area contributed by atoms with Crippen LogP contribution < -0.4 is 0 Å². The molecule has 1 rings (SSSR count). The predicted molar refractivity (Wildman–Crippen MR) is 62.3 cm³/mol. The van der Waals surface area contributed by atoms with Crippen LogP contribution in [0.15, 0.2) is 10.6 Å². The largest absolute Gasteiger partial charge is 0.351 e. The fourth-order valence-electron chi connectivity index (χ4n) is 1.68. The molecule has 1 amide bonds. The summed E-state index contributed by atoms with van der Waals surface area (Å²) in [5.41, 5.74) is 0.730. The average molecular weight is 224 g/mol. The van der Waals surface area contributed by atoms with Crippen LogP contribution >= 0.6 is 0 Å². The van der Waals surface area contributed by atoms with E-state index >= 15 is 0 Å². The second-order valence-electron chi connectivity index (χ2n) is 4.73. The van der Waals surface area contributed by atoms with E-state index in [0.717, 1.165) is 12.1 Å². The lowest BCUT2D eigenvalue weighted by Gasteiger charge is -2.25. The molecule has 0 radical (unpaired) electrons. The van der Waals surface area contributed by atoms with Crippen LogP contribution in [0.2, 0.25) is 0 Å². The van der Waals surface area contributed by atoms with Crippen LogP contribution in [0.1, 0.15) is 43.4 Å². The van der Waals surface area contributed by atoms with Gasteiger partial charge in [-0.25, -0.2) is 0 Å². The van der Waals surface area contributed by atoms with Gasteiger partial charge in [0.25, 0.3) is 5.91 Å². The van der Waals surface area contributed by atoms with E-state index in [4.69, 9.17) is 4.52 Å². The van der Waals surface area contributed by atoms with Gasteiger partial charge in [0, 0.05) is 19.2 Å². The summed E-state index contributed by atoms with van der Waals surface area (Å²) in [5, 5.41) is 3.72. The number of carbonyl (C=O) groups is 1. The highest BCUT2D eigenvalue weighted by molar-refractivity contribution is 5.91. The number of hydrogen-bond acceptors (Lipinski definition) is 3. The van der Waals surface area contributed by atoms with Crippen molar-refractivity contribution in [2.45, 2.75) is 40.2 Å². The van der Waals surface area contributed by atoms with E-state index in [-0.39, 0.29) is 11.9 Å². The van der Waals surface area contributed by atoms with Crippen LogP contribution in [0.4, 0.5) is 0 Å². The number of aromatic nitrogens is 1. The molecule has 0 bridgehead atoms. The molecular formula is C12H20N2O2. The zero-order valence-electron chi connectivity index (χ0n) is 10.7. The van der Waals surface area contributed by atoms with E-state index < -0.39 is 0 Å². The van der Waals surface area contributed by atoms with Crippen molar-refractivity contribution in [2.24, 2.45) is 5.92 Å². The molecule has 16 heavy (non-hydrogen) atoms. The maximum absolute atomic E-state index is 12.0. The molecule has 0 saturated carbocycles. The molecule has 0 aliphatic heterocycles. The van der Waals surface area contributed by atoms with Crippen molar-refractivity contribution < 1.29 is 9.32 Å². The number of amides is 1. The number of aryl methyl sites for hydroxylation is 1. The molecule has 0 aromatic carbocycles. The van der Waals surface area contributed by atoms with Gasteiger partial charge < -0.3 is 9.42 Å². The summed E-state index contributed by atoms with van der Waals surface area (Å²) in [6.07, 6.45) is 0.982. The lowest BCUT2D eigenvalue weighted by atomic mass is 10.0. The fraction of sp³-hybridized carbons (Fsp3) is 0.667. The van der Waals surface area contributed by atoms with Crippen LogP contribution in [-0.2, 0) is 0 Å². The number of rotatable bonds is 4. The van der Waals surface area contributed by atoms with Crippen molar-refractivity contribution in [1.82, 2.24) is 10.1 Å². The predicted octanol–water partition coefficient (Wildman–Crippen LogP) is 2.49. The van der Waals surface area contributed by atoms with Crippen molar-refractivity contribution in [3.63, 3.8) is 0 Å². The van der Waals surface area contributed by atoms with Crippen molar-refractivity contribution in [3.8, 4) is 0 Å². The number of nitrogens with zero attached hydrogens (tertiary/aromatic N) is 2. The highest BCUT2D eigenvalue weighted by Crippen LogP contribution is 2.13. The van der Waals surface area contributed by atoms with Gasteiger partial charge in [-0.15, -0.1) is 0 Å². The van der Waals surface area contributed by atoms with Crippen molar-refractivity contribution in [2.75, 3.05) is 7.05 Å². The maximum Gasteiger partial charge on any atom is 0.292 e. The van der Waals surface area contributed by atoms with Gasteiger partial charge in [-0.3, -0.25) is 4.79 Å². The maximum atomic E-state index is 12.0. The molecule has 1 atom stereocenters. The Bertz CT molecular complexity index is 358. The normalized spacial score (nSPS) is 12.9. The van der Waals surface area contributed by atoms with Crippen LogP contribution in [0, 0.1) is 12.8 Å². The molecule has 4 heteroatoms. The van der Waals surface area contributed by atoms with Gasteiger partial charge in [-0.2, -0.15) is 0 Å². The van der Waals surface area contributed by atoms with Gasteiger partial charge in [-0.05, 0) is 26.2 Å². The van der Waals surface area contributed by atoms with Crippen LogP contribution in [0.3, 0.4) is 0 Å². The van der Waals surface area contributed by atoms with E-state index in [9.17, 15) is 4.79 Å². The van der Waals surface area contributed by atoms with E-state index in [0.29, 0.717) is 11.7 Å². The van der Waals surface area contributed by atoms with Gasteiger partial charge in [0.1, 0.15) is 0 Å². The minimum absolute atomic E-state index is 0.103. The Hall–Kier alpha value is -1.32. The number of hydrogen-bond donors (Lipinski definition) is 0. The Morgan fingerprint density at radius 2 is 2.12 bits per heavy atom. The zero-order valence-corrected chi connectivity index (χ0v) is 10.7. The van der Waals surface area contributed by atoms with E-state index in [2.05, 4.69) is 19.0 Å². The third kappa shape index (κ3) is 3.08. The smallest absolute Gasteiger partial charge is 0.292 e. The molecule has 0 saturated heterocycles. The average Bonchev–Trinajstić information content (AvgIpc) is 2.61. The molecule has 1 aromatic heterocycles. The molecule has 0 aliphatic carbocycles. The molecule has 1 heterocycles. The summed E-state index contributed by atoms with van der Waals surface area (Å²) in [6, 6.07) is 1.87. The third-order valence-corrected chi connectivity index (χ3v) is 2.63. The summed E-state index contributed by atoms with van der Waals surface area (Å²) in [6.45, 7) is 8.14. The van der Waals surface area contributed by atoms with Crippen molar-refractivity contribution in [3.05, 3.63) is 17.5 Å². The Morgan fingerprint density at radius 1 is 1.50 bits per heavy atom. The molecule has 4 nitrogen and oxygen atoms in total. The van der Waals surface area contributed by atoms with Gasteiger partial charge in [0.05, 0.1) is 5.69 Å². The summed E-state index contributed by atoms with van der Waals surface area (Å²) in [4.78, 5) is 13.7. The second kappa shape index (κ2) is 5.14. The van der Waals surface area contributed by atoms with Gasteiger partial charge >= 0.3 is 0 Å². The Labute approximate surface area is 96.6 Å². The molecule has 0 fully saturated rings. The molecule has 1 aromatic rings. The molecule has 0 aliphatic rings. The van der Waals surface area contributed by atoms with Crippen molar-refractivity contribution in [1.29, 1.82) is 0 Å². The first-order valence-electron chi connectivity index (χ1n) is 5.62. The van der Waals surface area contributed by atoms with Crippen LogP contribution in [0.25, 0.3) is 0 Å². The molecule has 0 N–H and O–H groups in total. The summed E-state index contributed by atoms with van der Waals surface area (Å²) < 4.78 is 4.96. The number of carbonyl (C=O) groups excluding carboxylic acids is 1. The highest BCUT2D eigenvalue weighted by Gasteiger charge is 2.21. The molecular weight excluding hydrogens is 204 g/mol. The molecule has 0 spiro atoms. The standard InChI is InChI=1S/C12H20N2O2/c1-8(2)6-10(4)14(5)12(15)11-7-9(3)13-16-11/h7-8,10H,6H2,1-5H3/t10-/m1/s1. The summed E-state index contributed by atoms with van der Waals surface area (Å²) >= 11 is 0. The molecule has 0 unspecified atom stereocenters. The lowest BCUT2D eigenvalue weighted by Crippen LogP contribution is -2.35. The van der Waals surface area contributed by atoms with Gasteiger partial charge in [-0.1, -0.05) is 19.0 Å². The Balaban J connectivity index is 2.67. The Kier molecular flexibility index (Phi) is 4.10. The first kappa shape index (κ1) is 12.7. The van der Waals surface area contributed by atoms with Crippen LogP contribution in [0.5, 0.6) is 0 Å². The van der Waals surface area contributed by atoms with E-state index in [1.807, 2.05) is 6.92 Å². The quantitative estimate of drug-likeness (QED) is 0.789. The van der Waals surface area contributed by atoms with E-state index in [1.54, 1.807) is 24.9 Å². The monoisotopic (exact) mass is 224 g/mol. The highest BCUT2D eigenvalue weighted by atomic mass is 16.5. The minimum atomic E-state index is -0.103. The van der Waals surface area contributed by atoms with Crippen LogP contribution in [-0.4, -0.2) is 29.1 Å². The second-order valence-corrected chi connectivity index (χ2v) is 4.73. The summed E-state index contributed by atoms with van der Waals surface area (Å²) in [7, 11) is 1.80. The lowest BCUT2D eigenvalue weighted by molar-refractivity contribution is 0.0686. The minimum Gasteiger partial charge on any atom is -0.351 e.